The average Bonchev–Trinajstić information content (AvgIpc) is 2.25. The number of benzene rings is 1. The van der Waals surface area contributed by atoms with Gasteiger partial charge in [0.15, 0.2) is 0 Å². The predicted octanol–water partition coefficient (Wildman–Crippen LogP) is 2.61. The molecule has 0 atom stereocenters. The Bertz CT molecular complexity index is 487. The van der Waals surface area contributed by atoms with Crippen molar-refractivity contribution in [2.75, 3.05) is 11.9 Å². The fraction of sp³-hybridized carbons (Fsp3) is 0.100. The summed E-state index contributed by atoms with van der Waals surface area (Å²) >= 11 is 3.10. The minimum absolute atomic E-state index is 0.149. The number of halogens is 1. The van der Waals surface area contributed by atoms with Gasteiger partial charge in [0.1, 0.15) is 11.3 Å². The van der Waals surface area contributed by atoms with E-state index in [4.69, 9.17) is 5.11 Å². The van der Waals surface area contributed by atoms with Gasteiger partial charge in [-0.1, -0.05) is 28.6 Å². The molecule has 1 aromatic rings. The van der Waals surface area contributed by atoms with E-state index in [-0.39, 0.29) is 17.8 Å². The van der Waals surface area contributed by atoms with E-state index in [1.54, 1.807) is 0 Å². The summed E-state index contributed by atoms with van der Waals surface area (Å²) < 4.78 is 0.604. The summed E-state index contributed by atoms with van der Waals surface area (Å²) in [5.74, 6) is -1.34. The Morgan fingerprint density at radius 3 is 2.71 bits per heavy atom. The molecule has 6 nitrogen and oxygen atoms in total. The SMILES string of the molecule is C=C(Br)CNc1cccc(C(=O)O)c1[N+](=O)[O-]. The molecule has 0 aliphatic heterocycles. The van der Waals surface area contributed by atoms with Crippen molar-refractivity contribution in [2.45, 2.75) is 0 Å². The maximum atomic E-state index is 10.9. The lowest BCUT2D eigenvalue weighted by Crippen LogP contribution is -2.08. The summed E-state index contributed by atoms with van der Waals surface area (Å²) in [5.41, 5.74) is -0.649. The Balaban J connectivity index is 3.20. The number of nitro groups is 1. The highest BCUT2D eigenvalue weighted by atomic mass is 79.9. The minimum atomic E-state index is -1.34. The lowest BCUT2D eigenvalue weighted by molar-refractivity contribution is -0.384. The number of hydrogen-bond donors (Lipinski definition) is 2. The van der Waals surface area contributed by atoms with E-state index in [1.165, 1.54) is 18.2 Å². The number of carboxylic acid groups (broad SMARTS) is 1. The van der Waals surface area contributed by atoms with Crippen LogP contribution < -0.4 is 5.32 Å². The third kappa shape index (κ3) is 3.28. The van der Waals surface area contributed by atoms with Gasteiger partial charge in [-0.05, 0) is 12.1 Å². The van der Waals surface area contributed by atoms with Gasteiger partial charge >= 0.3 is 11.7 Å². The molecule has 90 valence electrons. The van der Waals surface area contributed by atoms with Crippen LogP contribution in [0.3, 0.4) is 0 Å². The van der Waals surface area contributed by atoms with E-state index in [2.05, 4.69) is 27.8 Å². The molecule has 1 aromatic carbocycles. The predicted molar refractivity (Wildman–Crippen MR) is 66.6 cm³/mol. The highest BCUT2D eigenvalue weighted by Crippen LogP contribution is 2.28. The minimum Gasteiger partial charge on any atom is -0.477 e. The molecule has 0 fully saturated rings. The Hall–Kier alpha value is -1.89. The molecule has 0 saturated heterocycles. The summed E-state index contributed by atoms with van der Waals surface area (Å²) in [6, 6.07) is 4.07. The first-order chi connectivity index (χ1) is 7.93. The summed E-state index contributed by atoms with van der Waals surface area (Å²) in [6.07, 6.45) is 0. The smallest absolute Gasteiger partial charge is 0.342 e. The summed E-state index contributed by atoms with van der Waals surface area (Å²) in [4.78, 5) is 21.0. The molecule has 1 rings (SSSR count). The molecule has 7 heteroatoms. The van der Waals surface area contributed by atoms with Crippen LogP contribution in [0, 0.1) is 10.1 Å². The molecule has 0 aliphatic rings. The zero-order valence-electron chi connectivity index (χ0n) is 8.64. The van der Waals surface area contributed by atoms with Gasteiger partial charge in [-0.3, -0.25) is 10.1 Å². The van der Waals surface area contributed by atoms with Crippen molar-refractivity contribution in [3.8, 4) is 0 Å². The molecule has 2 N–H and O–H groups in total. The molecular formula is C10H9BrN2O4. The highest BCUT2D eigenvalue weighted by molar-refractivity contribution is 9.11. The number of carbonyl (C=O) groups is 1. The molecule has 0 unspecified atom stereocenters. The molecule has 0 bridgehead atoms. The maximum absolute atomic E-state index is 10.9. The summed E-state index contributed by atoms with van der Waals surface area (Å²) in [5, 5.41) is 22.5. The van der Waals surface area contributed by atoms with Gasteiger partial charge in [0.05, 0.1) is 4.92 Å². The van der Waals surface area contributed by atoms with E-state index in [9.17, 15) is 14.9 Å². The monoisotopic (exact) mass is 300 g/mol. The van der Waals surface area contributed by atoms with Crippen LogP contribution in [0.4, 0.5) is 11.4 Å². The van der Waals surface area contributed by atoms with Crippen molar-refractivity contribution in [3.63, 3.8) is 0 Å². The number of anilines is 1. The van der Waals surface area contributed by atoms with Crippen LogP contribution in [0.15, 0.2) is 29.3 Å². The molecule has 0 amide bonds. The zero-order valence-corrected chi connectivity index (χ0v) is 10.2. The van der Waals surface area contributed by atoms with Crippen LogP contribution in [0.2, 0.25) is 0 Å². The number of nitrogens with one attached hydrogen (secondary N) is 1. The number of nitrogens with zero attached hydrogens (tertiary/aromatic N) is 1. The normalized spacial score (nSPS) is 9.71. The van der Waals surface area contributed by atoms with Crippen LogP contribution >= 0.6 is 15.9 Å². The molecular weight excluding hydrogens is 292 g/mol. The number of carboxylic acids is 1. The van der Waals surface area contributed by atoms with Crippen LogP contribution in [0.25, 0.3) is 0 Å². The summed E-state index contributed by atoms with van der Waals surface area (Å²) in [7, 11) is 0. The number of para-hydroxylation sites is 1. The van der Waals surface area contributed by atoms with E-state index < -0.39 is 16.6 Å². The van der Waals surface area contributed by atoms with Gasteiger partial charge in [-0.25, -0.2) is 4.79 Å². The molecule has 0 spiro atoms. The summed E-state index contributed by atoms with van der Waals surface area (Å²) in [6.45, 7) is 3.84. The lowest BCUT2D eigenvalue weighted by atomic mass is 10.1. The van der Waals surface area contributed by atoms with E-state index in [1.807, 2.05) is 0 Å². The van der Waals surface area contributed by atoms with Crippen LogP contribution in [0.1, 0.15) is 10.4 Å². The Morgan fingerprint density at radius 2 is 2.24 bits per heavy atom. The Labute approximate surface area is 105 Å². The van der Waals surface area contributed by atoms with Gasteiger partial charge in [-0.15, -0.1) is 0 Å². The first-order valence-corrected chi connectivity index (χ1v) is 5.30. The number of rotatable bonds is 5. The number of aromatic carboxylic acids is 1. The second-order valence-electron chi connectivity index (χ2n) is 3.13. The van der Waals surface area contributed by atoms with Gasteiger partial charge in [0, 0.05) is 11.0 Å². The molecule has 17 heavy (non-hydrogen) atoms. The molecule has 0 radical (unpaired) electrons. The van der Waals surface area contributed by atoms with Crippen molar-refractivity contribution in [3.05, 3.63) is 44.9 Å². The quantitative estimate of drug-likeness (QED) is 0.644. The highest BCUT2D eigenvalue weighted by Gasteiger charge is 2.23. The van der Waals surface area contributed by atoms with Gasteiger partial charge in [0.25, 0.3) is 0 Å². The van der Waals surface area contributed by atoms with Crippen molar-refractivity contribution < 1.29 is 14.8 Å². The molecule has 0 aromatic heterocycles. The van der Waals surface area contributed by atoms with E-state index in [0.717, 1.165) is 0 Å². The second-order valence-corrected chi connectivity index (χ2v) is 4.26. The number of hydrogen-bond acceptors (Lipinski definition) is 4. The molecule has 0 aliphatic carbocycles. The standard InChI is InChI=1S/C10H9BrN2O4/c1-6(11)5-12-8-4-2-3-7(10(14)15)9(8)13(16)17/h2-4,12H,1,5H2,(H,14,15). The fourth-order valence-electron chi connectivity index (χ4n) is 1.25. The van der Waals surface area contributed by atoms with E-state index >= 15 is 0 Å². The van der Waals surface area contributed by atoms with Gasteiger partial charge < -0.3 is 10.4 Å². The largest absolute Gasteiger partial charge is 0.477 e. The topological polar surface area (TPSA) is 92.5 Å². The third-order valence-electron chi connectivity index (χ3n) is 1.92. The van der Waals surface area contributed by atoms with Crippen molar-refractivity contribution >= 4 is 33.3 Å². The average molecular weight is 301 g/mol. The molecule has 0 heterocycles. The first kappa shape index (κ1) is 13.2. The Morgan fingerprint density at radius 1 is 1.59 bits per heavy atom. The van der Waals surface area contributed by atoms with Crippen molar-refractivity contribution in [2.24, 2.45) is 0 Å². The van der Waals surface area contributed by atoms with E-state index in [0.29, 0.717) is 4.48 Å². The number of nitro benzene ring substituents is 1. The van der Waals surface area contributed by atoms with Crippen molar-refractivity contribution in [1.29, 1.82) is 0 Å². The second kappa shape index (κ2) is 5.44. The first-order valence-electron chi connectivity index (χ1n) is 4.51. The third-order valence-corrected chi connectivity index (χ3v) is 2.20. The fourth-order valence-corrected chi connectivity index (χ4v) is 1.39. The molecule has 0 saturated carbocycles. The maximum Gasteiger partial charge on any atom is 0.342 e. The van der Waals surface area contributed by atoms with Crippen LogP contribution in [-0.2, 0) is 0 Å². The van der Waals surface area contributed by atoms with Crippen molar-refractivity contribution in [1.82, 2.24) is 0 Å². The van der Waals surface area contributed by atoms with Gasteiger partial charge in [0.2, 0.25) is 0 Å². The lowest BCUT2D eigenvalue weighted by Gasteiger charge is -2.07. The van der Waals surface area contributed by atoms with Gasteiger partial charge in [-0.2, -0.15) is 0 Å². The zero-order chi connectivity index (χ0) is 13.0. The van der Waals surface area contributed by atoms with Crippen LogP contribution in [-0.4, -0.2) is 22.5 Å². The van der Waals surface area contributed by atoms with Crippen LogP contribution in [0.5, 0.6) is 0 Å². The Kier molecular flexibility index (Phi) is 4.22.